The molecule has 0 saturated carbocycles. The Balaban J connectivity index is 1.37. The molecule has 1 aliphatic heterocycles. The molecule has 3 aromatic heterocycles. The second-order valence-electron chi connectivity index (χ2n) is 6.36. The van der Waals surface area contributed by atoms with Crippen molar-refractivity contribution >= 4 is 17.2 Å². The van der Waals surface area contributed by atoms with Crippen LogP contribution in [-0.4, -0.2) is 43.6 Å². The maximum atomic E-state index is 12.1. The molecular formula is C18H20N6OS. The molecule has 0 aromatic carbocycles. The number of hydrogen-bond acceptors (Lipinski definition) is 6. The monoisotopic (exact) mass is 368 g/mol. The minimum Gasteiger partial charge on any atom is -0.351 e. The first kappa shape index (κ1) is 16.9. The number of carbonyl (C=O) groups excluding carboxylic acids is 1. The van der Waals surface area contributed by atoms with Crippen LogP contribution in [0.1, 0.15) is 34.2 Å². The van der Waals surface area contributed by atoms with Crippen LogP contribution in [0.25, 0.3) is 0 Å². The molecule has 26 heavy (non-hydrogen) atoms. The van der Waals surface area contributed by atoms with E-state index < -0.39 is 0 Å². The lowest BCUT2D eigenvalue weighted by atomic mass is 10.1. The average molecular weight is 368 g/mol. The molecule has 0 saturated heterocycles. The average Bonchev–Trinajstić information content (AvgIpc) is 3.34. The number of thiophene rings is 1. The molecule has 0 bridgehead atoms. The van der Waals surface area contributed by atoms with Gasteiger partial charge in [-0.05, 0) is 34.9 Å². The van der Waals surface area contributed by atoms with E-state index in [-0.39, 0.29) is 11.9 Å². The maximum absolute atomic E-state index is 12.1. The van der Waals surface area contributed by atoms with Crippen LogP contribution in [0.4, 0.5) is 0 Å². The molecule has 1 N–H and O–H groups in total. The lowest BCUT2D eigenvalue weighted by Gasteiger charge is -2.33. The Morgan fingerprint density at radius 2 is 2.27 bits per heavy atom. The summed E-state index contributed by atoms with van der Waals surface area (Å²) in [4.78, 5) is 22.5. The molecule has 4 heterocycles. The van der Waals surface area contributed by atoms with E-state index in [0.717, 1.165) is 26.1 Å². The molecule has 0 aliphatic carbocycles. The van der Waals surface area contributed by atoms with E-state index >= 15 is 0 Å². The fourth-order valence-electron chi connectivity index (χ4n) is 3.30. The van der Waals surface area contributed by atoms with Gasteiger partial charge in [0, 0.05) is 44.8 Å². The molecule has 1 amide bonds. The number of amides is 1. The van der Waals surface area contributed by atoms with Crippen molar-refractivity contribution in [2.45, 2.75) is 25.6 Å². The first-order valence-corrected chi connectivity index (χ1v) is 9.54. The zero-order valence-electron chi connectivity index (χ0n) is 14.3. The van der Waals surface area contributed by atoms with Gasteiger partial charge in [0.2, 0.25) is 0 Å². The largest absolute Gasteiger partial charge is 0.351 e. The van der Waals surface area contributed by atoms with E-state index in [1.165, 1.54) is 23.7 Å². The zero-order chi connectivity index (χ0) is 17.8. The van der Waals surface area contributed by atoms with Crippen molar-refractivity contribution in [3.8, 4) is 0 Å². The van der Waals surface area contributed by atoms with Gasteiger partial charge in [-0.3, -0.25) is 19.4 Å². The van der Waals surface area contributed by atoms with Crippen LogP contribution in [0.5, 0.6) is 0 Å². The van der Waals surface area contributed by atoms with Gasteiger partial charge in [-0.2, -0.15) is 16.4 Å². The number of nitrogens with one attached hydrogen (secondary N) is 1. The lowest BCUT2D eigenvalue weighted by Crippen LogP contribution is -2.39. The standard InChI is InChI=1S/C18H20N6OS/c25-18(17-9-19-6-7-20-17)21-4-1-15-11-23(10-14-3-8-26-13-14)12-16-2-5-22-24(15)16/h2-3,5-9,13,15H,1,4,10-12H2,(H,21,25)/t15-/m0/s1. The Labute approximate surface area is 155 Å². The minimum atomic E-state index is -0.190. The van der Waals surface area contributed by atoms with Crippen molar-refractivity contribution in [2.24, 2.45) is 0 Å². The van der Waals surface area contributed by atoms with Crippen LogP contribution in [-0.2, 0) is 13.1 Å². The molecular weight excluding hydrogens is 348 g/mol. The van der Waals surface area contributed by atoms with Gasteiger partial charge in [0.1, 0.15) is 5.69 Å². The third-order valence-corrected chi connectivity index (χ3v) is 5.23. The molecule has 7 nitrogen and oxygen atoms in total. The van der Waals surface area contributed by atoms with Gasteiger partial charge in [-0.15, -0.1) is 0 Å². The van der Waals surface area contributed by atoms with Crippen LogP contribution < -0.4 is 5.32 Å². The number of fused-ring (bicyclic) bond motifs is 1. The summed E-state index contributed by atoms with van der Waals surface area (Å²) in [6, 6.07) is 4.49. The second-order valence-corrected chi connectivity index (χ2v) is 7.14. The van der Waals surface area contributed by atoms with Gasteiger partial charge in [0.05, 0.1) is 17.9 Å². The fourth-order valence-corrected chi connectivity index (χ4v) is 3.96. The van der Waals surface area contributed by atoms with Gasteiger partial charge in [0.25, 0.3) is 5.91 Å². The van der Waals surface area contributed by atoms with Crippen molar-refractivity contribution in [3.05, 3.63) is 64.6 Å². The number of nitrogens with zero attached hydrogens (tertiary/aromatic N) is 5. The number of rotatable bonds is 6. The van der Waals surface area contributed by atoms with Crippen molar-refractivity contribution in [2.75, 3.05) is 13.1 Å². The highest BCUT2D eigenvalue weighted by Gasteiger charge is 2.25. The smallest absolute Gasteiger partial charge is 0.271 e. The Morgan fingerprint density at radius 1 is 1.31 bits per heavy atom. The SMILES string of the molecule is O=C(NCC[C@H]1CN(Cc2ccsc2)Cc2ccnn21)c1cnccn1. The molecule has 1 aliphatic rings. The lowest BCUT2D eigenvalue weighted by molar-refractivity contribution is 0.0941. The molecule has 0 fully saturated rings. The first-order valence-electron chi connectivity index (χ1n) is 8.59. The van der Waals surface area contributed by atoms with E-state index in [1.807, 2.05) is 6.20 Å². The van der Waals surface area contributed by atoms with E-state index in [9.17, 15) is 4.79 Å². The molecule has 8 heteroatoms. The van der Waals surface area contributed by atoms with E-state index in [4.69, 9.17) is 0 Å². The number of aromatic nitrogens is 4. The third kappa shape index (κ3) is 3.81. The molecule has 1 atom stereocenters. The first-order chi connectivity index (χ1) is 12.8. The van der Waals surface area contributed by atoms with E-state index in [0.29, 0.717) is 12.2 Å². The summed E-state index contributed by atoms with van der Waals surface area (Å²) in [5.41, 5.74) is 2.91. The molecule has 0 radical (unpaired) electrons. The van der Waals surface area contributed by atoms with Gasteiger partial charge in [-0.1, -0.05) is 0 Å². The zero-order valence-corrected chi connectivity index (χ0v) is 15.1. The Kier molecular flexibility index (Phi) is 5.03. The summed E-state index contributed by atoms with van der Waals surface area (Å²) in [5, 5.41) is 11.7. The van der Waals surface area contributed by atoms with Crippen molar-refractivity contribution in [1.29, 1.82) is 0 Å². The highest BCUT2D eigenvalue weighted by atomic mass is 32.1. The molecule has 0 unspecified atom stereocenters. The molecule has 0 spiro atoms. The van der Waals surface area contributed by atoms with Crippen molar-refractivity contribution in [1.82, 2.24) is 30.0 Å². The highest BCUT2D eigenvalue weighted by molar-refractivity contribution is 7.07. The van der Waals surface area contributed by atoms with Crippen LogP contribution >= 0.6 is 11.3 Å². The summed E-state index contributed by atoms with van der Waals surface area (Å²) >= 11 is 1.73. The summed E-state index contributed by atoms with van der Waals surface area (Å²) in [5.74, 6) is -0.190. The second kappa shape index (κ2) is 7.76. The molecule has 3 aromatic rings. The summed E-state index contributed by atoms with van der Waals surface area (Å²) in [6.45, 7) is 3.34. The van der Waals surface area contributed by atoms with Gasteiger partial charge < -0.3 is 5.32 Å². The molecule has 4 rings (SSSR count). The number of hydrogen-bond donors (Lipinski definition) is 1. The van der Waals surface area contributed by atoms with Gasteiger partial charge in [-0.25, -0.2) is 4.98 Å². The Hall–Kier alpha value is -2.58. The Morgan fingerprint density at radius 3 is 3.08 bits per heavy atom. The maximum Gasteiger partial charge on any atom is 0.271 e. The van der Waals surface area contributed by atoms with Crippen LogP contribution in [0.3, 0.4) is 0 Å². The Bertz CT molecular complexity index is 848. The van der Waals surface area contributed by atoms with Crippen LogP contribution in [0.2, 0.25) is 0 Å². The van der Waals surface area contributed by atoms with E-state index in [1.54, 1.807) is 17.5 Å². The van der Waals surface area contributed by atoms with Crippen LogP contribution in [0, 0.1) is 0 Å². The summed E-state index contributed by atoms with van der Waals surface area (Å²) in [7, 11) is 0. The predicted octanol–water partition coefficient (Wildman–Crippen LogP) is 2.11. The van der Waals surface area contributed by atoms with Gasteiger partial charge in [0.15, 0.2) is 0 Å². The highest BCUT2D eigenvalue weighted by Crippen LogP contribution is 2.24. The van der Waals surface area contributed by atoms with Crippen LogP contribution in [0.15, 0.2) is 47.7 Å². The third-order valence-electron chi connectivity index (χ3n) is 4.50. The minimum absolute atomic E-state index is 0.190. The van der Waals surface area contributed by atoms with Gasteiger partial charge >= 0.3 is 0 Å². The predicted molar refractivity (Wildman–Crippen MR) is 98.7 cm³/mol. The molecule has 134 valence electrons. The summed E-state index contributed by atoms with van der Waals surface area (Å²) < 4.78 is 2.10. The quantitative estimate of drug-likeness (QED) is 0.721. The van der Waals surface area contributed by atoms with Crippen molar-refractivity contribution in [3.63, 3.8) is 0 Å². The summed E-state index contributed by atoms with van der Waals surface area (Å²) in [6.07, 6.45) is 7.23. The fraction of sp³-hybridized carbons (Fsp3) is 0.333. The normalized spacial score (nSPS) is 17.0. The number of carbonyl (C=O) groups is 1. The topological polar surface area (TPSA) is 75.9 Å². The van der Waals surface area contributed by atoms with Crippen molar-refractivity contribution < 1.29 is 4.79 Å². The van der Waals surface area contributed by atoms with E-state index in [2.05, 4.69) is 52.9 Å².